The topological polar surface area (TPSA) is 6.48 Å². The third kappa shape index (κ3) is 3.80. The van der Waals surface area contributed by atoms with Gasteiger partial charge in [-0.1, -0.05) is 29.8 Å². The molecule has 1 aliphatic carbocycles. The predicted molar refractivity (Wildman–Crippen MR) is 77.5 cm³/mol. The van der Waals surface area contributed by atoms with E-state index in [0.717, 1.165) is 0 Å². The van der Waals surface area contributed by atoms with Gasteiger partial charge in [0.25, 0.3) is 0 Å². The molecule has 0 saturated carbocycles. The highest BCUT2D eigenvalue weighted by Crippen LogP contribution is 2.40. The maximum Gasteiger partial charge on any atom is 0.0205 e. The van der Waals surface area contributed by atoms with E-state index in [9.17, 15) is 0 Å². The fraction of sp³-hybridized carbons (Fsp3) is 0.857. The van der Waals surface area contributed by atoms with E-state index in [1.807, 2.05) is 0 Å². The molecule has 1 fully saturated rings. The van der Waals surface area contributed by atoms with Crippen molar-refractivity contribution in [2.45, 2.75) is 33.1 Å². The van der Waals surface area contributed by atoms with Crippen LogP contribution in [0.2, 0.25) is 0 Å². The number of piperazine rings is 1. The summed E-state index contributed by atoms with van der Waals surface area (Å²) in [5.41, 5.74) is 2.14. The first kappa shape index (κ1) is 13.6. The Labute approximate surface area is 114 Å². The third-order valence-electron chi connectivity index (χ3n) is 4.11. The molecule has 0 aromatic rings. The second-order valence-corrected chi connectivity index (χ2v) is 7.39. The lowest BCUT2D eigenvalue weighted by atomic mass is 9.77. The van der Waals surface area contributed by atoms with Crippen molar-refractivity contribution >= 4 is 15.9 Å². The molecule has 98 valence electrons. The molecule has 17 heavy (non-hydrogen) atoms. The molecule has 0 atom stereocenters. The highest BCUT2D eigenvalue weighted by Gasteiger charge is 2.27. The molecule has 2 nitrogen and oxygen atoms in total. The SMILES string of the molecule is CN1CCN(CC2=C(Br)CCC(C)(C)C2)CC1. The second kappa shape index (κ2) is 5.41. The fourth-order valence-electron chi connectivity index (χ4n) is 2.80. The number of halogens is 1. The van der Waals surface area contributed by atoms with Gasteiger partial charge in [0, 0.05) is 32.7 Å². The van der Waals surface area contributed by atoms with Crippen LogP contribution in [0.25, 0.3) is 0 Å². The predicted octanol–water partition coefficient (Wildman–Crippen LogP) is 3.09. The lowest BCUT2D eigenvalue weighted by molar-refractivity contribution is 0.159. The molecule has 1 heterocycles. The number of hydrogen-bond donors (Lipinski definition) is 0. The summed E-state index contributed by atoms with van der Waals surface area (Å²) in [5.74, 6) is 0. The van der Waals surface area contributed by atoms with Gasteiger partial charge < -0.3 is 4.90 Å². The van der Waals surface area contributed by atoms with E-state index in [0.29, 0.717) is 5.41 Å². The quantitative estimate of drug-likeness (QED) is 0.773. The smallest absolute Gasteiger partial charge is 0.0205 e. The molecular formula is C14H25BrN2. The van der Waals surface area contributed by atoms with Gasteiger partial charge in [0.2, 0.25) is 0 Å². The van der Waals surface area contributed by atoms with E-state index >= 15 is 0 Å². The van der Waals surface area contributed by atoms with Crippen LogP contribution in [-0.4, -0.2) is 49.6 Å². The molecule has 2 rings (SSSR count). The minimum Gasteiger partial charge on any atom is -0.304 e. The van der Waals surface area contributed by atoms with Gasteiger partial charge in [-0.2, -0.15) is 0 Å². The molecule has 0 spiro atoms. The summed E-state index contributed by atoms with van der Waals surface area (Å²) in [6.07, 6.45) is 3.82. The zero-order valence-electron chi connectivity index (χ0n) is 11.4. The van der Waals surface area contributed by atoms with Crippen molar-refractivity contribution in [1.82, 2.24) is 9.80 Å². The number of rotatable bonds is 2. The first-order valence-corrected chi connectivity index (χ1v) is 7.53. The Balaban J connectivity index is 1.93. The molecule has 0 aromatic heterocycles. The molecule has 0 bridgehead atoms. The zero-order valence-corrected chi connectivity index (χ0v) is 13.0. The molecule has 2 aliphatic rings. The molecule has 1 saturated heterocycles. The normalized spacial score (nSPS) is 27.5. The standard InChI is InChI=1S/C14H25BrN2/c1-14(2)5-4-13(15)12(10-14)11-17-8-6-16(3)7-9-17/h4-11H2,1-3H3. The van der Waals surface area contributed by atoms with E-state index in [2.05, 4.69) is 46.6 Å². The molecule has 0 unspecified atom stereocenters. The maximum atomic E-state index is 3.79. The van der Waals surface area contributed by atoms with Gasteiger partial charge in [0.1, 0.15) is 0 Å². The molecule has 0 N–H and O–H groups in total. The number of nitrogens with zero attached hydrogens (tertiary/aromatic N) is 2. The van der Waals surface area contributed by atoms with Crippen molar-refractivity contribution < 1.29 is 0 Å². The summed E-state index contributed by atoms with van der Waals surface area (Å²) in [4.78, 5) is 5.03. The Morgan fingerprint density at radius 3 is 2.47 bits per heavy atom. The molecule has 1 aliphatic heterocycles. The summed E-state index contributed by atoms with van der Waals surface area (Å²) < 4.78 is 1.48. The summed E-state index contributed by atoms with van der Waals surface area (Å²) in [7, 11) is 2.22. The fourth-order valence-corrected chi connectivity index (χ4v) is 3.27. The molecular weight excluding hydrogens is 276 g/mol. The van der Waals surface area contributed by atoms with Crippen molar-refractivity contribution in [3.63, 3.8) is 0 Å². The van der Waals surface area contributed by atoms with Gasteiger partial charge in [-0.05, 0) is 41.8 Å². The largest absolute Gasteiger partial charge is 0.304 e. The minimum atomic E-state index is 0.499. The van der Waals surface area contributed by atoms with Crippen molar-refractivity contribution in [2.75, 3.05) is 39.8 Å². The Morgan fingerprint density at radius 2 is 1.82 bits per heavy atom. The number of allylic oxidation sites excluding steroid dienone is 1. The van der Waals surface area contributed by atoms with Crippen LogP contribution in [0.4, 0.5) is 0 Å². The summed E-state index contributed by atoms with van der Waals surface area (Å²) in [6.45, 7) is 10.9. The van der Waals surface area contributed by atoms with Crippen molar-refractivity contribution in [1.29, 1.82) is 0 Å². The zero-order chi connectivity index (χ0) is 12.5. The highest BCUT2D eigenvalue weighted by molar-refractivity contribution is 9.11. The highest BCUT2D eigenvalue weighted by atomic mass is 79.9. The lowest BCUT2D eigenvalue weighted by Crippen LogP contribution is -2.45. The Morgan fingerprint density at radius 1 is 1.18 bits per heavy atom. The molecule has 3 heteroatoms. The minimum absolute atomic E-state index is 0.499. The van der Waals surface area contributed by atoms with Gasteiger partial charge in [-0.3, -0.25) is 4.90 Å². The van der Waals surface area contributed by atoms with E-state index in [1.54, 1.807) is 5.57 Å². The number of likely N-dealkylation sites (N-methyl/N-ethyl adjacent to an activating group) is 1. The Hall–Kier alpha value is 0.140. The van der Waals surface area contributed by atoms with Gasteiger partial charge in [-0.25, -0.2) is 0 Å². The van der Waals surface area contributed by atoms with Crippen molar-refractivity contribution in [3.05, 3.63) is 10.1 Å². The van der Waals surface area contributed by atoms with Crippen LogP contribution < -0.4 is 0 Å². The van der Waals surface area contributed by atoms with Crippen LogP contribution in [0.1, 0.15) is 33.1 Å². The average Bonchev–Trinajstić information content (AvgIpc) is 2.26. The maximum absolute atomic E-state index is 3.79. The van der Waals surface area contributed by atoms with Gasteiger partial charge in [0.15, 0.2) is 0 Å². The van der Waals surface area contributed by atoms with E-state index in [4.69, 9.17) is 0 Å². The van der Waals surface area contributed by atoms with Crippen LogP contribution in [0, 0.1) is 5.41 Å². The van der Waals surface area contributed by atoms with Gasteiger partial charge >= 0.3 is 0 Å². The molecule has 0 aromatic carbocycles. The van der Waals surface area contributed by atoms with Crippen LogP contribution >= 0.6 is 15.9 Å². The first-order chi connectivity index (χ1) is 7.96. The van der Waals surface area contributed by atoms with Gasteiger partial charge in [-0.15, -0.1) is 0 Å². The summed E-state index contributed by atoms with van der Waals surface area (Å²) >= 11 is 3.79. The van der Waals surface area contributed by atoms with Crippen LogP contribution in [0.3, 0.4) is 0 Å². The summed E-state index contributed by atoms with van der Waals surface area (Å²) in [5, 5.41) is 0. The Bertz CT molecular complexity index is 301. The lowest BCUT2D eigenvalue weighted by Gasteiger charge is -2.37. The van der Waals surface area contributed by atoms with E-state index < -0.39 is 0 Å². The van der Waals surface area contributed by atoms with Crippen LogP contribution in [0.5, 0.6) is 0 Å². The van der Waals surface area contributed by atoms with Gasteiger partial charge in [0.05, 0.1) is 0 Å². The average molecular weight is 301 g/mol. The summed E-state index contributed by atoms with van der Waals surface area (Å²) in [6, 6.07) is 0. The van der Waals surface area contributed by atoms with E-state index in [1.165, 1.54) is 56.5 Å². The molecule has 0 radical (unpaired) electrons. The Kier molecular flexibility index (Phi) is 4.32. The monoisotopic (exact) mass is 300 g/mol. The van der Waals surface area contributed by atoms with Crippen molar-refractivity contribution in [3.8, 4) is 0 Å². The number of hydrogen-bond acceptors (Lipinski definition) is 2. The van der Waals surface area contributed by atoms with Crippen LogP contribution in [-0.2, 0) is 0 Å². The van der Waals surface area contributed by atoms with Crippen molar-refractivity contribution in [2.24, 2.45) is 5.41 Å². The third-order valence-corrected chi connectivity index (χ3v) is 5.06. The second-order valence-electron chi connectivity index (χ2n) is 6.43. The van der Waals surface area contributed by atoms with E-state index in [-0.39, 0.29) is 0 Å². The van der Waals surface area contributed by atoms with Crippen LogP contribution in [0.15, 0.2) is 10.1 Å². The molecule has 0 amide bonds. The first-order valence-electron chi connectivity index (χ1n) is 6.74.